The molecule has 3 aromatic rings. The molecule has 2 atom stereocenters. The Bertz CT molecular complexity index is 1140. The highest BCUT2D eigenvalue weighted by Crippen LogP contribution is 2.30. The Morgan fingerprint density at radius 3 is 2.88 bits per heavy atom. The Morgan fingerprint density at radius 1 is 1.32 bits per heavy atom. The van der Waals surface area contributed by atoms with Gasteiger partial charge in [0.25, 0.3) is 0 Å². The summed E-state index contributed by atoms with van der Waals surface area (Å²) in [5.74, 6) is 0.738. The van der Waals surface area contributed by atoms with Crippen molar-refractivity contribution in [3.8, 4) is 17.1 Å². The monoisotopic (exact) mass is 468 g/mol. The fourth-order valence-electron chi connectivity index (χ4n) is 4.20. The lowest BCUT2D eigenvalue weighted by Crippen LogP contribution is -2.29. The molecule has 0 amide bonds. The molecular weight excluding hydrogens is 436 g/mol. The Hall–Kier alpha value is -3.50. The molecule has 4 rings (SSSR count). The zero-order valence-corrected chi connectivity index (χ0v) is 20.1. The first-order valence-corrected chi connectivity index (χ1v) is 11.7. The fourth-order valence-corrected chi connectivity index (χ4v) is 4.20. The van der Waals surface area contributed by atoms with E-state index < -0.39 is 5.97 Å². The number of hydrogen-bond acceptors (Lipinski definition) is 8. The number of carbonyl (C=O) groups is 1. The van der Waals surface area contributed by atoms with Crippen molar-refractivity contribution in [1.29, 1.82) is 0 Å². The van der Waals surface area contributed by atoms with Crippen LogP contribution in [0.3, 0.4) is 0 Å². The van der Waals surface area contributed by atoms with Crippen LogP contribution in [0.25, 0.3) is 11.4 Å². The van der Waals surface area contributed by atoms with Crippen molar-refractivity contribution < 1.29 is 14.6 Å². The standard InChI is InChI=1S/C23H32N8O3/c1-14(2)13-31-25-12-21(28-31)24-11-19-22(27-29-30(19)4)18-8-9-20(15(3)26-18)34-17-7-5-6-16(10-17)23(32)33/h8-9,12,14,16-17H,5-7,10-11,13H2,1-4H3,(H,24,28)(H,32,33). The summed E-state index contributed by atoms with van der Waals surface area (Å²) in [5, 5.41) is 29.9. The quantitative estimate of drug-likeness (QED) is 0.486. The number of aliphatic carboxylic acids is 1. The summed E-state index contributed by atoms with van der Waals surface area (Å²) in [6.45, 7) is 7.36. The molecule has 0 saturated heterocycles. The lowest BCUT2D eigenvalue weighted by molar-refractivity contribution is -0.143. The second-order valence-corrected chi connectivity index (χ2v) is 9.26. The number of ether oxygens (including phenoxy) is 1. The predicted octanol–water partition coefficient (Wildman–Crippen LogP) is 3.07. The first-order chi connectivity index (χ1) is 16.3. The maximum atomic E-state index is 11.3. The van der Waals surface area contributed by atoms with Crippen molar-refractivity contribution in [2.75, 3.05) is 5.32 Å². The third kappa shape index (κ3) is 5.52. The molecule has 0 radical (unpaired) electrons. The van der Waals surface area contributed by atoms with E-state index in [4.69, 9.17) is 9.72 Å². The van der Waals surface area contributed by atoms with E-state index in [1.807, 2.05) is 26.1 Å². The summed E-state index contributed by atoms with van der Waals surface area (Å²) in [4.78, 5) is 17.7. The van der Waals surface area contributed by atoms with Crippen molar-refractivity contribution >= 4 is 11.8 Å². The van der Waals surface area contributed by atoms with Gasteiger partial charge >= 0.3 is 5.97 Å². The molecule has 0 aliphatic heterocycles. The fraction of sp³-hybridized carbons (Fsp3) is 0.565. The highest BCUT2D eigenvalue weighted by atomic mass is 16.5. The number of nitrogens with zero attached hydrogens (tertiary/aromatic N) is 7. The van der Waals surface area contributed by atoms with E-state index in [-0.39, 0.29) is 12.0 Å². The number of pyridine rings is 1. The molecule has 11 heteroatoms. The number of aromatic nitrogens is 7. The van der Waals surface area contributed by atoms with Gasteiger partial charge in [-0.05, 0) is 50.7 Å². The summed E-state index contributed by atoms with van der Waals surface area (Å²) in [7, 11) is 1.84. The van der Waals surface area contributed by atoms with Crippen molar-refractivity contribution in [2.45, 2.75) is 65.6 Å². The van der Waals surface area contributed by atoms with Gasteiger partial charge in [0.05, 0.1) is 48.4 Å². The van der Waals surface area contributed by atoms with Crippen molar-refractivity contribution in [3.63, 3.8) is 0 Å². The molecule has 1 aliphatic rings. The summed E-state index contributed by atoms with van der Waals surface area (Å²) in [6, 6.07) is 3.75. The van der Waals surface area contributed by atoms with Gasteiger partial charge in [-0.2, -0.15) is 9.90 Å². The number of hydrogen-bond donors (Lipinski definition) is 2. The van der Waals surface area contributed by atoms with E-state index in [1.54, 1.807) is 15.7 Å². The van der Waals surface area contributed by atoms with Crippen LogP contribution in [0.2, 0.25) is 0 Å². The van der Waals surface area contributed by atoms with Gasteiger partial charge in [0.15, 0.2) is 5.82 Å². The van der Waals surface area contributed by atoms with Crippen LogP contribution in [0.4, 0.5) is 5.82 Å². The van der Waals surface area contributed by atoms with Gasteiger partial charge in [-0.1, -0.05) is 19.1 Å². The molecule has 34 heavy (non-hydrogen) atoms. The second-order valence-electron chi connectivity index (χ2n) is 9.26. The number of rotatable bonds is 9. The first kappa shape index (κ1) is 23.7. The molecule has 0 aromatic carbocycles. The third-order valence-electron chi connectivity index (χ3n) is 5.99. The molecule has 11 nitrogen and oxygen atoms in total. The zero-order chi connectivity index (χ0) is 24.2. The van der Waals surface area contributed by atoms with Crippen LogP contribution in [-0.4, -0.2) is 52.2 Å². The normalized spacial score (nSPS) is 18.3. The van der Waals surface area contributed by atoms with E-state index in [0.717, 1.165) is 30.8 Å². The number of carboxylic acid groups (broad SMARTS) is 1. The average molecular weight is 469 g/mol. The molecule has 182 valence electrons. The minimum atomic E-state index is -0.746. The summed E-state index contributed by atoms with van der Waals surface area (Å²) >= 11 is 0. The summed E-state index contributed by atoms with van der Waals surface area (Å²) < 4.78 is 7.85. The number of anilines is 1. The van der Waals surface area contributed by atoms with Crippen molar-refractivity contribution in [3.05, 3.63) is 29.7 Å². The van der Waals surface area contributed by atoms with E-state index in [0.29, 0.717) is 48.3 Å². The molecule has 0 spiro atoms. The van der Waals surface area contributed by atoms with Gasteiger partial charge in [-0.3, -0.25) is 4.79 Å². The van der Waals surface area contributed by atoms with Gasteiger partial charge in [0, 0.05) is 7.05 Å². The van der Waals surface area contributed by atoms with Gasteiger partial charge in [-0.15, -0.1) is 10.2 Å². The molecule has 1 fully saturated rings. The van der Waals surface area contributed by atoms with Crippen LogP contribution in [0.5, 0.6) is 5.75 Å². The number of aryl methyl sites for hydroxylation is 2. The SMILES string of the molecule is Cc1nc(-c2nnn(C)c2CNc2cnn(CC(C)C)n2)ccc1OC1CCCC(C(=O)O)C1. The largest absolute Gasteiger partial charge is 0.489 e. The van der Waals surface area contributed by atoms with Gasteiger partial charge in [-0.25, -0.2) is 9.67 Å². The van der Waals surface area contributed by atoms with Crippen LogP contribution in [-0.2, 0) is 24.9 Å². The molecule has 3 aromatic heterocycles. The van der Waals surface area contributed by atoms with Crippen LogP contribution in [0.15, 0.2) is 18.3 Å². The maximum absolute atomic E-state index is 11.3. The summed E-state index contributed by atoms with van der Waals surface area (Å²) in [6.07, 6.45) is 4.54. The Morgan fingerprint density at radius 2 is 2.15 bits per heavy atom. The van der Waals surface area contributed by atoms with Crippen LogP contribution < -0.4 is 10.1 Å². The first-order valence-electron chi connectivity index (χ1n) is 11.7. The van der Waals surface area contributed by atoms with E-state index in [1.165, 1.54) is 0 Å². The maximum Gasteiger partial charge on any atom is 0.306 e. The lowest BCUT2D eigenvalue weighted by atomic mass is 9.87. The second kappa shape index (κ2) is 10.2. The van der Waals surface area contributed by atoms with Crippen LogP contribution in [0.1, 0.15) is 50.9 Å². The van der Waals surface area contributed by atoms with E-state index >= 15 is 0 Å². The molecular formula is C23H32N8O3. The smallest absolute Gasteiger partial charge is 0.306 e. The highest BCUT2D eigenvalue weighted by molar-refractivity contribution is 5.70. The molecule has 0 bridgehead atoms. The minimum absolute atomic E-state index is 0.110. The van der Waals surface area contributed by atoms with Gasteiger partial charge in [0.1, 0.15) is 11.4 Å². The molecule has 1 saturated carbocycles. The third-order valence-corrected chi connectivity index (χ3v) is 5.99. The molecule has 2 N–H and O–H groups in total. The van der Waals surface area contributed by atoms with Gasteiger partial charge in [0.2, 0.25) is 0 Å². The Labute approximate surface area is 198 Å². The Balaban J connectivity index is 1.45. The molecule has 2 unspecified atom stereocenters. The Kier molecular flexibility index (Phi) is 7.09. The minimum Gasteiger partial charge on any atom is -0.489 e. The van der Waals surface area contributed by atoms with Crippen molar-refractivity contribution in [1.82, 2.24) is 35.0 Å². The van der Waals surface area contributed by atoms with Crippen LogP contribution in [0, 0.1) is 18.8 Å². The molecule has 3 heterocycles. The average Bonchev–Trinajstić information content (AvgIpc) is 3.39. The van der Waals surface area contributed by atoms with E-state index in [2.05, 4.69) is 39.7 Å². The topological polar surface area (TPSA) is 133 Å². The highest BCUT2D eigenvalue weighted by Gasteiger charge is 2.28. The number of carboxylic acids is 1. The molecule has 1 aliphatic carbocycles. The number of nitrogens with one attached hydrogen (secondary N) is 1. The summed E-state index contributed by atoms with van der Waals surface area (Å²) in [5.41, 5.74) is 2.99. The van der Waals surface area contributed by atoms with Crippen LogP contribution >= 0.6 is 0 Å². The predicted molar refractivity (Wildman–Crippen MR) is 125 cm³/mol. The van der Waals surface area contributed by atoms with Gasteiger partial charge < -0.3 is 15.2 Å². The lowest BCUT2D eigenvalue weighted by Gasteiger charge is -2.27. The van der Waals surface area contributed by atoms with Crippen molar-refractivity contribution in [2.24, 2.45) is 18.9 Å². The van der Waals surface area contributed by atoms with E-state index in [9.17, 15) is 9.90 Å². The zero-order valence-electron chi connectivity index (χ0n) is 20.1.